The Balaban J connectivity index is 1.31. The predicted octanol–water partition coefficient (Wildman–Crippen LogP) is 1.93. The SMILES string of the molecule is O=S([O-])NCc1ccnc(C2CCN(Cc3cn(-c4ccccc4)nn3)CC2)c1. The molecule has 152 valence electrons. The first kappa shape index (κ1) is 19.8. The van der Waals surface area contributed by atoms with Gasteiger partial charge in [0.05, 0.1) is 17.6 Å². The average molecular weight is 412 g/mol. The third-order valence-electron chi connectivity index (χ3n) is 5.19. The molecule has 1 N–H and O–H groups in total. The van der Waals surface area contributed by atoms with Gasteiger partial charge in [-0.1, -0.05) is 23.4 Å². The summed E-state index contributed by atoms with van der Waals surface area (Å²) in [6.07, 6.45) is 5.78. The van der Waals surface area contributed by atoms with E-state index in [0.717, 1.165) is 55.1 Å². The zero-order valence-corrected chi connectivity index (χ0v) is 16.8. The summed E-state index contributed by atoms with van der Waals surface area (Å²) < 4.78 is 25.6. The second-order valence-electron chi connectivity index (χ2n) is 7.19. The van der Waals surface area contributed by atoms with E-state index in [-0.39, 0.29) is 0 Å². The van der Waals surface area contributed by atoms with Gasteiger partial charge in [0.2, 0.25) is 0 Å². The summed E-state index contributed by atoms with van der Waals surface area (Å²) in [6, 6.07) is 13.8. The van der Waals surface area contributed by atoms with Gasteiger partial charge in [-0.15, -0.1) is 5.10 Å². The second-order valence-corrected chi connectivity index (χ2v) is 7.94. The van der Waals surface area contributed by atoms with Gasteiger partial charge >= 0.3 is 0 Å². The molecule has 1 saturated heterocycles. The zero-order chi connectivity index (χ0) is 20.1. The molecule has 1 unspecified atom stereocenters. The van der Waals surface area contributed by atoms with Crippen molar-refractivity contribution in [2.24, 2.45) is 0 Å². The van der Waals surface area contributed by atoms with Gasteiger partial charge in [-0.25, -0.2) is 9.40 Å². The summed E-state index contributed by atoms with van der Waals surface area (Å²) in [4.78, 5) is 6.90. The van der Waals surface area contributed by atoms with E-state index < -0.39 is 11.3 Å². The van der Waals surface area contributed by atoms with Crippen LogP contribution in [-0.4, -0.2) is 46.7 Å². The summed E-state index contributed by atoms with van der Waals surface area (Å²) in [5.74, 6) is 0.393. The average Bonchev–Trinajstić information content (AvgIpc) is 3.22. The molecule has 8 nitrogen and oxygen atoms in total. The molecular weight excluding hydrogens is 388 g/mol. The highest BCUT2D eigenvalue weighted by Gasteiger charge is 2.22. The Morgan fingerprint density at radius 1 is 1.17 bits per heavy atom. The van der Waals surface area contributed by atoms with Gasteiger partial charge in [0.25, 0.3) is 0 Å². The Morgan fingerprint density at radius 2 is 1.97 bits per heavy atom. The maximum atomic E-state index is 10.7. The van der Waals surface area contributed by atoms with Gasteiger partial charge in [0, 0.05) is 42.2 Å². The van der Waals surface area contributed by atoms with Crippen molar-refractivity contribution in [3.63, 3.8) is 0 Å². The van der Waals surface area contributed by atoms with Crippen LogP contribution in [0.3, 0.4) is 0 Å². The van der Waals surface area contributed by atoms with E-state index in [4.69, 9.17) is 0 Å². The third-order valence-corrected chi connectivity index (χ3v) is 5.57. The molecule has 9 heteroatoms. The van der Waals surface area contributed by atoms with E-state index >= 15 is 0 Å². The number of para-hydroxylation sites is 1. The van der Waals surface area contributed by atoms with E-state index in [1.807, 2.05) is 48.7 Å². The molecule has 0 aliphatic carbocycles. The highest BCUT2D eigenvalue weighted by atomic mass is 32.2. The Hall–Kier alpha value is -2.46. The number of benzene rings is 1. The summed E-state index contributed by atoms with van der Waals surface area (Å²) in [7, 11) is 0. The maximum absolute atomic E-state index is 10.7. The first-order chi connectivity index (χ1) is 14.2. The minimum absolute atomic E-state index is 0.293. The van der Waals surface area contributed by atoms with E-state index in [2.05, 4.69) is 24.9 Å². The molecule has 3 heterocycles. The van der Waals surface area contributed by atoms with Crippen molar-refractivity contribution >= 4 is 11.3 Å². The van der Waals surface area contributed by atoms with Crippen LogP contribution < -0.4 is 4.72 Å². The molecule has 1 aliphatic heterocycles. The van der Waals surface area contributed by atoms with Crippen LogP contribution in [0.5, 0.6) is 0 Å². The van der Waals surface area contributed by atoms with Crippen LogP contribution in [0, 0.1) is 0 Å². The first-order valence-corrected chi connectivity index (χ1v) is 10.7. The fourth-order valence-electron chi connectivity index (χ4n) is 3.66. The summed E-state index contributed by atoms with van der Waals surface area (Å²) >= 11 is -2.25. The number of hydrogen-bond acceptors (Lipinski definition) is 6. The van der Waals surface area contributed by atoms with E-state index in [1.165, 1.54) is 0 Å². The Kier molecular flexibility index (Phi) is 6.40. The Bertz CT molecular complexity index is 956. The number of nitrogens with one attached hydrogen (secondary N) is 1. The molecule has 0 radical (unpaired) electrons. The van der Waals surface area contributed by atoms with Crippen LogP contribution in [0.2, 0.25) is 0 Å². The zero-order valence-electron chi connectivity index (χ0n) is 16.0. The molecule has 1 atom stereocenters. The second kappa shape index (κ2) is 9.36. The van der Waals surface area contributed by atoms with Gasteiger partial charge < -0.3 is 4.55 Å². The predicted molar refractivity (Wildman–Crippen MR) is 109 cm³/mol. The summed E-state index contributed by atoms with van der Waals surface area (Å²) in [5.41, 5.74) is 3.94. The van der Waals surface area contributed by atoms with Gasteiger partial charge in [-0.05, 0) is 55.8 Å². The molecule has 4 rings (SSSR count). The number of aromatic nitrogens is 4. The van der Waals surface area contributed by atoms with Gasteiger partial charge in [-0.2, -0.15) is 0 Å². The lowest BCUT2D eigenvalue weighted by molar-refractivity contribution is 0.201. The van der Waals surface area contributed by atoms with Crippen molar-refractivity contribution in [1.29, 1.82) is 0 Å². The Labute approximate surface area is 172 Å². The quantitative estimate of drug-likeness (QED) is 0.597. The molecular formula is C20H23N6O2S-. The van der Waals surface area contributed by atoms with Crippen LogP contribution in [0.1, 0.15) is 35.7 Å². The van der Waals surface area contributed by atoms with E-state index in [1.54, 1.807) is 10.9 Å². The minimum Gasteiger partial charge on any atom is -0.760 e. The lowest BCUT2D eigenvalue weighted by atomic mass is 9.92. The van der Waals surface area contributed by atoms with Gasteiger partial charge in [0.1, 0.15) is 0 Å². The number of hydrogen-bond donors (Lipinski definition) is 1. The van der Waals surface area contributed by atoms with Gasteiger partial charge in [0.15, 0.2) is 0 Å². The third kappa shape index (κ3) is 5.33. The van der Waals surface area contributed by atoms with E-state index in [9.17, 15) is 8.76 Å². The largest absolute Gasteiger partial charge is 0.760 e. The fraction of sp³-hybridized carbons (Fsp3) is 0.350. The van der Waals surface area contributed by atoms with Crippen molar-refractivity contribution in [3.8, 4) is 5.69 Å². The van der Waals surface area contributed by atoms with Gasteiger partial charge in [-0.3, -0.25) is 14.1 Å². The topological polar surface area (TPSA) is 99.0 Å². The molecule has 0 saturated carbocycles. The van der Waals surface area contributed by atoms with Crippen molar-refractivity contribution in [2.75, 3.05) is 13.1 Å². The number of piperidine rings is 1. The molecule has 3 aromatic rings. The normalized spacial score (nSPS) is 16.7. The lowest BCUT2D eigenvalue weighted by Crippen LogP contribution is -2.32. The van der Waals surface area contributed by atoms with Crippen molar-refractivity contribution < 1.29 is 8.76 Å². The smallest absolute Gasteiger partial charge is 0.0971 e. The van der Waals surface area contributed by atoms with E-state index in [0.29, 0.717) is 12.5 Å². The summed E-state index contributed by atoms with van der Waals surface area (Å²) in [5, 5.41) is 8.55. The lowest BCUT2D eigenvalue weighted by Gasteiger charge is -2.31. The number of pyridine rings is 1. The maximum Gasteiger partial charge on any atom is 0.0971 e. The molecule has 0 bridgehead atoms. The van der Waals surface area contributed by atoms with Crippen LogP contribution in [-0.2, 0) is 24.4 Å². The molecule has 0 amide bonds. The summed E-state index contributed by atoms with van der Waals surface area (Å²) in [6.45, 7) is 3.02. The molecule has 1 fully saturated rings. The molecule has 29 heavy (non-hydrogen) atoms. The standard InChI is InChI=1S/C20H24N6O2S/c27-29(28)22-13-16-6-9-21-20(12-16)17-7-10-25(11-8-17)14-18-15-26(24-23-18)19-4-2-1-3-5-19/h1-6,9,12,15,17,22H,7-8,10-11,13-14H2,(H,27,28)/p-1. The van der Waals surface area contributed by atoms with Crippen molar-refractivity contribution in [1.82, 2.24) is 29.6 Å². The van der Waals surface area contributed by atoms with Crippen LogP contribution in [0.4, 0.5) is 0 Å². The van der Waals surface area contributed by atoms with Crippen LogP contribution in [0.25, 0.3) is 5.69 Å². The first-order valence-electron chi connectivity index (χ1n) is 9.64. The highest BCUT2D eigenvalue weighted by Crippen LogP contribution is 2.27. The van der Waals surface area contributed by atoms with Crippen LogP contribution >= 0.6 is 0 Å². The monoisotopic (exact) mass is 411 g/mol. The Morgan fingerprint density at radius 3 is 2.72 bits per heavy atom. The molecule has 1 aliphatic rings. The van der Waals surface area contributed by atoms with Crippen molar-refractivity contribution in [3.05, 3.63) is 71.8 Å². The minimum atomic E-state index is -2.25. The van der Waals surface area contributed by atoms with Crippen LogP contribution in [0.15, 0.2) is 54.9 Å². The molecule has 2 aromatic heterocycles. The molecule has 1 aromatic carbocycles. The molecule has 0 spiro atoms. The number of nitrogens with zero attached hydrogens (tertiary/aromatic N) is 5. The number of rotatable bonds is 7. The highest BCUT2D eigenvalue weighted by molar-refractivity contribution is 7.77. The van der Waals surface area contributed by atoms with Crippen molar-refractivity contribution in [2.45, 2.75) is 31.8 Å². The number of likely N-dealkylation sites (tertiary alicyclic amines) is 1. The fourth-order valence-corrected chi connectivity index (χ4v) is 3.95.